The van der Waals surface area contributed by atoms with Crippen LogP contribution in [0.3, 0.4) is 0 Å². The van der Waals surface area contributed by atoms with Crippen LogP contribution in [-0.4, -0.2) is 10.5 Å². The Morgan fingerprint density at radius 1 is 1.14 bits per heavy atom. The first-order valence-corrected chi connectivity index (χ1v) is 7.29. The normalized spacial score (nSPS) is 10.8. The second kappa shape index (κ2) is 6.02. The van der Waals surface area contributed by atoms with Gasteiger partial charge in [0.2, 0.25) is 5.91 Å². The molecule has 0 aliphatic carbocycles. The molecule has 1 heterocycles. The van der Waals surface area contributed by atoms with Crippen molar-refractivity contribution in [2.45, 2.75) is 19.9 Å². The van der Waals surface area contributed by atoms with Gasteiger partial charge in [0, 0.05) is 22.8 Å². The van der Waals surface area contributed by atoms with Gasteiger partial charge >= 0.3 is 0 Å². The molecule has 1 aromatic heterocycles. The first kappa shape index (κ1) is 14.3. The minimum Gasteiger partial charge on any atom is -0.338 e. The Bertz CT molecular complexity index is 806. The molecule has 0 saturated heterocycles. The van der Waals surface area contributed by atoms with Gasteiger partial charge in [-0.05, 0) is 48.4 Å². The predicted molar refractivity (Wildman–Crippen MR) is 86.3 cm³/mol. The number of rotatable bonds is 4. The third kappa shape index (κ3) is 3.01. The molecule has 4 heteroatoms. The fourth-order valence-electron chi connectivity index (χ4n) is 2.49. The molecule has 0 radical (unpaired) electrons. The van der Waals surface area contributed by atoms with Gasteiger partial charge in [0.05, 0.1) is 0 Å². The molecule has 112 valence electrons. The van der Waals surface area contributed by atoms with Crippen LogP contribution in [0.2, 0.25) is 0 Å². The number of aromatic nitrogens is 1. The second-order valence-corrected chi connectivity index (χ2v) is 5.25. The van der Waals surface area contributed by atoms with E-state index in [1.54, 1.807) is 12.3 Å². The molecule has 1 N–H and O–H groups in total. The zero-order chi connectivity index (χ0) is 15.5. The number of carbonyl (C=O) groups is 1. The molecular weight excluding hydrogens is 279 g/mol. The van der Waals surface area contributed by atoms with E-state index in [0.717, 1.165) is 23.0 Å². The van der Waals surface area contributed by atoms with Crippen LogP contribution in [0.4, 0.5) is 10.1 Å². The van der Waals surface area contributed by atoms with Crippen LogP contribution in [0.25, 0.3) is 10.9 Å². The van der Waals surface area contributed by atoms with E-state index in [-0.39, 0.29) is 18.3 Å². The van der Waals surface area contributed by atoms with E-state index in [4.69, 9.17) is 0 Å². The van der Waals surface area contributed by atoms with Crippen molar-refractivity contribution in [3.8, 4) is 0 Å². The zero-order valence-corrected chi connectivity index (χ0v) is 12.3. The van der Waals surface area contributed by atoms with Gasteiger partial charge in [0.1, 0.15) is 12.4 Å². The number of fused-ring (bicyclic) bond motifs is 1. The van der Waals surface area contributed by atoms with E-state index in [1.807, 2.05) is 34.9 Å². The van der Waals surface area contributed by atoms with Crippen LogP contribution in [0.1, 0.15) is 12.5 Å². The Balaban J connectivity index is 1.72. The molecule has 0 unspecified atom stereocenters. The predicted octanol–water partition coefficient (Wildman–Crippen LogP) is 3.98. The summed E-state index contributed by atoms with van der Waals surface area (Å²) >= 11 is 0. The van der Waals surface area contributed by atoms with Gasteiger partial charge in [-0.1, -0.05) is 19.1 Å². The number of halogens is 1. The van der Waals surface area contributed by atoms with Crippen molar-refractivity contribution in [1.29, 1.82) is 0 Å². The summed E-state index contributed by atoms with van der Waals surface area (Å²) in [5, 5.41) is 3.67. The summed E-state index contributed by atoms with van der Waals surface area (Å²) in [5.41, 5.74) is 2.86. The third-order valence-electron chi connectivity index (χ3n) is 3.69. The molecule has 0 fully saturated rings. The molecule has 2 aromatic carbocycles. The number of carbonyl (C=O) groups excluding carboxylic acids is 1. The number of amides is 1. The Kier molecular flexibility index (Phi) is 3.92. The van der Waals surface area contributed by atoms with E-state index >= 15 is 0 Å². The monoisotopic (exact) mass is 296 g/mol. The fourth-order valence-corrected chi connectivity index (χ4v) is 2.49. The minimum atomic E-state index is -0.272. The number of benzene rings is 2. The van der Waals surface area contributed by atoms with E-state index < -0.39 is 0 Å². The Hall–Kier alpha value is -2.62. The number of anilines is 1. The lowest BCUT2D eigenvalue weighted by atomic mass is 10.1. The van der Waals surface area contributed by atoms with E-state index in [1.165, 1.54) is 17.7 Å². The van der Waals surface area contributed by atoms with Crippen molar-refractivity contribution in [2.24, 2.45) is 0 Å². The summed E-state index contributed by atoms with van der Waals surface area (Å²) in [7, 11) is 0. The van der Waals surface area contributed by atoms with Crippen LogP contribution < -0.4 is 5.32 Å². The van der Waals surface area contributed by atoms with Crippen molar-refractivity contribution >= 4 is 22.5 Å². The molecule has 0 bridgehead atoms. The first-order valence-electron chi connectivity index (χ1n) is 7.29. The van der Waals surface area contributed by atoms with Crippen molar-refractivity contribution in [3.05, 3.63) is 66.1 Å². The van der Waals surface area contributed by atoms with Gasteiger partial charge in [0.15, 0.2) is 0 Å². The quantitative estimate of drug-likeness (QED) is 0.776. The van der Waals surface area contributed by atoms with Crippen LogP contribution in [0.15, 0.2) is 54.7 Å². The molecular formula is C18H17FN2O. The van der Waals surface area contributed by atoms with Crippen molar-refractivity contribution in [1.82, 2.24) is 4.57 Å². The molecule has 3 aromatic rings. The van der Waals surface area contributed by atoms with Gasteiger partial charge < -0.3 is 9.88 Å². The van der Waals surface area contributed by atoms with Crippen LogP contribution in [-0.2, 0) is 17.8 Å². The number of hydrogen-bond donors (Lipinski definition) is 1. The maximum Gasteiger partial charge on any atom is 0.244 e. The van der Waals surface area contributed by atoms with Crippen LogP contribution in [0.5, 0.6) is 0 Å². The smallest absolute Gasteiger partial charge is 0.244 e. The summed E-state index contributed by atoms with van der Waals surface area (Å²) in [6.07, 6.45) is 2.77. The van der Waals surface area contributed by atoms with E-state index in [0.29, 0.717) is 0 Å². The SMILES string of the molecule is CCc1ccc(NC(=O)Cn2ccc3cc(F)ccc32)cc1. The summed E-state index contributed by atoms with van der Waals surface area (Å²) in [6, 6.07) is 14.2. The van der Waals surface area contributed by atoms with Gasteiger partial charge in [0.25, 0.3) is 0 Å². The number of aryl methyl sites for hydroxylation is 1. The van der Waals surface area contributed by atoms with Gasteiger partial charge in [-0.25, -0.2) is 4.39 Å². The van der Waals surface area contributed by atoms with Crippen molar-refractivity contribution < 1.29 is 9.18 Å². The summed E-state index contributed by atoms with van der Waals surface area (Å²) in [4.78, 5) is 12.1. The minimum absolute atomic E-state index is 0.105. The highest BCUT2D eigenvalue weighted by Crippen LogP contribution is 2.17. The Labute approximate surface area is 128 Å². The molecule has 3 nitrogen and oxygen atoms in total. The molecule has 3 rings (SSSR count). The highest BCUT2D eigenvalue weighted by molar-refractivity contribution is 5.92. The highest BCUT2D eigenvalue weighted by Gasteiger charge is 2.07. The lowest BCUT2D eigenvalue weighted by Gasteiger charge is -2.08. The number of nitrogens with zero attached hydrogens (tertiary/aromatic N) is 1. The molecule has 0 atom stereocenters. The molecule has 0 aliphatic heterocycles. The van der Waals surface area contributed by atoms with Crippen LogP contribution in [0, 0.1) is 5.82 Å². The lowest BCUT2D eigenvalue weighted by molar-refractivity contribution is -0.116. The average Bonchev–Trinajstić information content (AvgIpc) is 2.90. The average molecular weight is 296 g/mol. The van der Waals surface area contributed by atoms with E-state index in [9.17, 15) is 9.18 Å². The maximum absolute atomic E-state index is 13.2. The molecule has 22 heavy (non-hydrogen) atoms. The summed E-state index contributed by atoms with van der Waals surface area (Å²) < 4.78 is 15.0. The summed E-state index contributed by atoms with van der Waals surface area (Å²) in [6.45, 7) is 2.29. The van der Waals surface area contributed by atoms with Gasteiger partial charge in [-0.2, -0.15) is 0 Å². The van der Waals surface area contributed by atoms with Gasteiger partial charge in [-0.3, -0.25) is 4.79 Å². The van der Waals surface area contributed by atoms with Crippen LogP contribution >= 0.6 is 0 Å². The highest BCUT2D eigenvalue weighted by atomic mass is 19.1. The second-order valence-electron chi connectivity index (χ2n) is 5.25. The Morgan fingerprint density at radius 3 is 2.64 bits per heavy atom. The van der Waals surface area contributed by atoms with Crippen molar-refractivity contribution in [3.63, 3.8) is 0 Å². The molecule has 1 amide bonds. The largest absolute Gasteiger partial charge is 0.338 e. The zero-order valence-electron chi connectivity index (χ0n) is 12.3. The molecule has 0 saturated carbocycles. The summed E-state index contributed by atoms with van der Waals surface area (Å²) in [5.74, 6) is -0.378. The third-order valence-corrected chi connectivity index (χ3v) is 3.69. The standard InChI is InChI=1S/C18H17FN2O/c1-2-13-3-6-16(7-4-13)20-18(22)12-21-10-9-14-11-15(19)5-8-17(14)21/h3-11H,2,12H2,1H3,(H,20,22). The number of nitrogens with one attached hydrogen (secondary N) is 1. The molecule has 0 spiro atoms. The first-order chi connectivity index (χ1) is 10.7. The van der Waals surface area contributed by atoms with E-state index in [2.05, 4.69) is 12.2 Å². The molecule has 0 aliphatic rings. The van der Waals surface area contributed by atoms with Gasteiger partial charge in [-0.15, -0.1) is 0 Å². The Morgan fingerprint density at radius 2 is 1.91 bits per heavy atom. The maximum atomic E-state index is 13.2. The fraction of sp³-hybridized carbons (Fsp3) is 0.167. The van der Waals surface area contributed by atoms with Crippen molar-refractivity contribution in [2.75, 3.05) is 5.32 Å². The number of hydrogen-bond acceptors (Lipinski definition) is 1. The topological polar surface area (TPSA) is 34.0 Å². The lowest BCUT2D eigenvalue weighted by Crippen LogP contribution is -2.18.